The summed E-state index contributed by atoms with van der Waals surface area (Å²) in [4.78, 5) is 4.43. The third kappa shape index (κ3) is 13.3. The Balaban J connectivity index is 0.000000111. The molecule has 0 saturated heterocycles. The Morgan fingerprint density at radius 1 is 0.289 bits per heavy atom. The number of hydrogen-bond donors (Lipinski definition) is 5. The quantitative estimate of drug-likeness (QED) is 0.0989. The predicted molar refractivity (Wildman–Crippen MR) is 388 cm³/mol. The van der Waals surface area contributed by atoms with Gasteiger partial charge in [-0.15, -0.1) is 11.3 Å². The zero-order chi connectivity index (χ0) is 61.9. The largest absolute Gasteiger partial charge is 0.456 e. The van der Waals surface area contributed by atoms with E-state index in [1.54, 1.807) is 0 Å². The van der Waals surface area contributed by atoms with Gasteiger partial charge in [0.25, 0.3) is 0 Å². The Kier molecular flexibility index (Phi) is 17.5. The Bertz CT molecular complexity index is 4860. The number of nitrogens with two attached hydrogens (primary N) is 5. The van der Waals surface area contributed by atoms with Crippen LogP contribution in [0.5, 0.6) is 0 Å². The van der Waals surface area contributed by atoms with Gasteiger partial charge in [0.15, 0.2) is 0 Å². The molecule has 10 heteroatoms. The number of aryl methyl sites for hydroxylation is 1. The lowest BCUT2D eigenvalue weighted by Gasteiger charge is -2.25. The average molecular weight is 1190 g/mol. The molecule has 0 amide bonds. The molecule has 0 saturated carbocycles. The van der Waals surface area contributed by atoms with E-state index in [1.165, 1.54) is 70.0 Å². The Morgan fingerprint density at radius 3 is 1.23 bits per heavy atom. The Morgan fingerprint density at radius 2 is 0.656 bits per heavy atom. The highest BCUT2D eigenvalue weighted by Gasteiger charge is 2.13. The number of furan rings is 1. The standard InChI is InChI=1S/C24H20N2.C19H18N2.C13H12N2.C12H9NO.C12H9NS/c25-21-15-11-19(12-16-21)20-13-17-24(18-14-20)26(22-7-3-1-4-8-22)23-9-5-2-6-10-23;1-21(18-5-3-2-4-6-18)19-13-9-16(10-14-19)15-7-11-17(20)12-8-15;1-15-12-5-3-2-4-10(12)11-8-9(14)6-7-13(11)15;2*13-8-5-6-12-10(7-8)9-3-1-2-4-11(9)14-12/h1-18H,25H2;2-14H,20H2,1H3;2-8H,14H2,1H3;2*1-7H,13H2. The van der Waals surface area contributed by atoms with Crippen LogP contribution < -0.4 is 38.5 Å². The number of thiophene rings is 1. The first-order valence-electron chi connectivity index (χ1n) is 29.7. The molecule has 3 aromatic heterocycles. The van der Waals surface area contributed by atoms with Gasteiger partial charge in [0, 0.05) is 124 Å². The number of para-hydroxylation sites is 5. The second-order valence-electron chi connectivity index (χ2n) is 21.8. The molecule has 90 heavy (non-hydrogen) atoms. The van der Waals surface area contributed by atoms with Crippen molar-refractivity contribution in [3.8, 4) is 22.3 Å². The van der Waals surface area contributed by atoms with Crippen LogP contribution in [0.4, 0.5) is 56.9 Å². The van der Waals surface area contributed by atoms with Crippen LogP contribution in [0, 0.1) is 0 Å². The average Bonchev–Trinajstić information content (AvgIpc) is 1.76. The summed E-state index contributed by atoms with van der Waals surface area (Å²) in [6.07, 6.45) is 0. The van der Waals surface area contributed by atoms with Crippen LogP contribution in [-0.4, -0.2) is 11.6 Å². The number of anilines is 10. The summed E-state index contributed by atoms with van der Waals surface area (Å²) < 4.78 is 10.5. The summed E-state index contributed by atoms with van der Waals surface area (Å²) in [6, 6.07) is 107. The third-order valence-corrected chi connectivity index (χ3v) is 16.9. The molecule has 9 nitrogen and oxygen atoms in total. The van der Waals surface area contributed by atoms with Crippen LogP contribution in [-0.2, 0) is 7.05 Å². The van der Waals surface area contributed by atoms with Crippen molar-refractivity contribution < 1.29 is 4.42 Å². The normalized spacial score (nSPS) is 10.8. The van der Waals surface area contributed by atoms with Crippen molar-refractivity contribution in [2.45, 2.75) is 0 Å². The molecule has 0 aliphatic heterocycles. The van der Waals surface area contributed by atoms with Gasteiger partial charge >= 0.3 is 0 Å². The second-order valence-corrected chi connectivity index (χ2v) is 22.9. The number of fused-ring (bicyclic) bond motifs is 9. The van der Waals surface area contributed by atoms with Crippen LogP contribution in [0.25, 0.3) is 86.2 Å². The van der Waals surface area contributed by atoms with Crippen molar-refractivity contribution >= 4 is 132 Å². The first-order chi connectivity index (χ1) is 44.0. The number of nitrogen functional groups attached to an aromatic ring is 5. The molecule has 0 radical (unpaired) electrons. The highest BCUT2D eigenvalue weighted by Crippen LogP contribution is 2.38. The maximum Gasteiger partial charge on any atom is 0.135 e. The van der Waals surface area contributed by atoms with E-state index < -0.39 is 0 Å². The minimum Gasteiger partial charge on any atom is -0.456 e. The molecule has 0 aliphatic carbocycles. The van der Waals surface area contributed by atoms with Gasteiger partial charge in [-0.2, -0.15) is 0 Å². The monoisotopic (exact) mass is 1190 g/mol. The smallest absolute Gasteiger partial charge is 0.135 e. The van der Waals surface area contributed by atoms with Crippen LogP contribution >= 0.6 is 11.3 Å². The fourth-order valence-corrected chi connectivity index (χ4v) is 12.2. The second kappa shape index (κ2) is 26.9. The van der Waals surface area contributed by atoms with Gasteiger partial charge in [0.1, 0.15) is 11.2 Å². The van der Waals surface area contributed by atoms with Crippen molar-refractivity contribution in [3.05, 3.63) is 315 Å². The summed E-state index contributed by atoms with van der Waals surface area (Å²) in [7, 11) is 4.16. The van der Waals surface area contributed by atoms with Gasteiger partial charge in [-0.3, -0.25) is 0 Å². The molecule has 0 unspecified atom stereocenters. The molecule has 16 rings (SSSR count). The molecule has 0 spiro atoms. The Labute approximate surface area is 528 Å². The van der Waals surface area contributed by atoms with Crippen molar-refractivity contribution in [1.82, 2.24) is 4.57 Å². The molecule has 3 heterocycles. The van der Waals surface area contributed by atoms with Gasteiger partial charge in [-0.25, -0.2) is 0 Å². The van der Waals surface area contributed by atoms with E-state index >= 15 is 0 Å². The number of benzene rings is 13. The number of rotatable bonds is 7. The predicted octanol–water partition coefficient (Wildman–Crippen LogP) is 20.8. The zero-order valence-electron chi connectivity index (χ0n) is 50.1. The van der Waals surface area contributed by atoms with E-state index in [2.05, 4.69) is 223 Å². The minimum absolute atomic E-state index is 0.768. The highest BCUT2D eigenvalue weighted by molar-refractivity contribution is 7.25. The number of hydrogen-bond acceptors (Lipinski definition) is 9. The molecule has 440 valence electrons. The first-order valence-corrected chi connectivity index (χ1v) is 30.5. The van der Waals surface area contributed by atoms with Gasteiger partial charge in [-0.05, 0) is 180 Å². The van der Waals surface area contributed by atoms with Crippen molar-refractivity contribution in [3.63, 3.8) is 0 Å². The molecule has 13 aromatic carbocycles. The maximum absolute atomic E-state index is 5.81. The fourth-order valence-electron chi connectivity index (χ4n) is 11.1. The third-order valence-electron chi connectivity index (χ3n) is 15.8. The maximum atomic E-state index is 5.81. The van der Waals surface area contributed by atoms with Crippen molar-refractivity contribution in [2.24, 2.45) is 7.05 Å². The van der Waals surface area contributed by atoms with E-state index in [0.29, 0.717) is 0 Å². The van der Waals surface area contributed by atoms with E-state index in [9.17, 15) is 0 Å². The lowest BCUT2D eigenvalue weighted by atomic mass is 10.0. The van der Waals surface area contributed by atoms with Crippen molar-refractivity contribution in [2.75, 3.05) is 45.5 Å². The molecule has 0 atom stereocenters. The molecular weight excluding hydrogens is 1120 g/mol. The Hall–Kier alpha value is -11.7. The van der Waals surface area contributed by atoms with Crippen LogP contribution in [0.2, 0.25) is 0 Å². The van der Waals surface area contributed by atoms with E-state index in [0.717, 1.165) is 73.0 Å². The molecular formula is C80H68N8OS. The van der Waals surface area contributed by atoms with Crippen LogP contribution in [0.1, 0.15) is 0 Å². The molecule has 16 aromatic rings. The molecule has 0 fully saturated rings. The number of nitrogens with zero attached hydrogens (tertiary/aromatic N) is 3. The van der Waals surface area contributed by atoms with Gasteiger partial charge in [-0.1, -0.05) is 158 Å². The van der Waals surface area contributed by atoms with Gasteiger partial charge in [0.2, 0.25) is 0 Å². The van der Waals surface area contributed by atoms with Gasteiger partial charge in [0.05, 0.1) is 0 Å². The summed E-state index contributed by atoms with van der Waals surface area (Å²) >= 11 is 1.81. The SMILES string of the molecule is CN(c1ccccc1)c1ccc(-c2ccc(N)cc2)cc1.Cn1c2ccccc2c2cc(N)ccc21.Nc1ccc(-c2ccc(N(c3ccccc3)c3ccccc3)cc2)cc1.Nc1ccc2oc3ccccc3c2c1.Nc1ccc2sc3ccccc3c2c1. The highest BCUT2D eigenvalue weighted by atomic mass is 32.1. The van der Waals surface area contributed by atoms with E-state index in [-0.39, 0.29) is 0 Å². The fraction of sp³-hybridized carbons (Fsp3) is 0.0250. The summed E-state index contributed by atoms with van der Waals surface area (Å²) in [5.41, 5.74) is 47.6. The molecule has 10 N–H and O–H groups in total. The molecule has 0 bridgehead atoms. The molecule has 0 aliphatic rings. The van der Waals surface area contributed by atoms with Gasteiger partial charge < -0.3 is 47.5 Å². The zero-order valence-corrected chi connectivity index (χ0v) is 50.9. The minimum atomic E-state index is 0.768. The number of aromatic nitrogens is 1. The summed E-state index contributed by atoms with van der Waals surface area (Å²) in [5.74, 6) is 0. The van der Waals surface area contributed by atoms with Crippen LogP contribution in [0.3, 0.4) is 0 Å². The lowest BCUT2D eigenvalue weighted by Crippen LogP contribution is -2.09. The lowest BCUT2D eigenvalue weighted by molar-refractivity contribution is 0.669. The first kappa shape index (κ1) is 58.7. The van der Waals surface area contributed by atoms with E-state index in [4.69, 9.17) is 33.1 Å². The van der Waals surface area contributed by atoms with Crippen molar-refractivity contribution in [1.29, 1.82) is 0 Å². The van der Waals surface area contributed by atoms with Crippen LogP contribution in [0.15, 0.2) is 320 Å². The summed E-state index contributed by atoms with van der Waals surface area (Å²) in [5, 5.41) is 7.27. The summed E-state index contributed by atoms with van der Waals surface area (Å²) in [6.45, 7) is 0. The van der Waals surface area contributed by atoms with E-state index in [1.807, 2.05) is 133 Å². The topological polar surface area (TPSA) is 155 Å².